The average molecular weight is 367 g/mol. The summed E-state index contributed by atoms with van der Waals surface area (Å²) in [7, 11) is 0. The molecule has 1 saturated heterocycles. The Morgan fingerprint density at radius 1 is 0.963 bits per heavy atom. The van der Waals surface area contributed by atoms with Crippen LogP contribution in [0.5, 0.6) is 5.88 Å². The van der Waals surface area contributed by atoms with Crippen LogP contribution in [0.3, 0.4) is 0 Å². The van der Waals surface area contributed by atoms with Gasteiger partial charge >= 0.3 is 0 Å². The molecule has 1 saturated carbocycles. The molecule has 2 aliphatic rings. The molecule has 6 nitrogen and oxygen atoms in total. The van der Waals surface area contributed by atoms with Crippen molar-refractivity contribution in [3.8, 4) is 5.88 Å². The molecular weight excluding hydrogens is 338 g/mol. The Morgan fingerprint density at radius 3 is 2.44 bits per heavy atom. The Morgan fingerprint density at radius 2 is 1.70 bits per heavy atom. The third-order valence-electron chi connectivity index (χ3n) is 5.58. The summed E-state index contributed by atoms with van der Waals surface area (Å²) in [5.74, 6) is 1.37. The monoisotopic (exact) mass is 367 g/mol. The summed E-state index contributed by atoms with van der Waals surface area (Å²) in [5, 5.41) is 0. The molecule has 0 radical (unpaired) electrons. The minimum Gasteiger partial charge on any atom is -0.473 e. The van der Waals surface area contributed by atoms with Gasteiger partial charge in [0.15, 0.2) is 5.82 Å². The molecule has 4 rings (SSSR count). The van der Waals surface area contributed by atoms with Crippen molar-refractivity contribution in [3.63, 3.8) is 0 Å². The van der Waals surface area contributed by atoms with Crippen molar-refractivity contribution < 1.29 is 4.74 Å². The van der Waals surface area contributed by atoms with Gasteiger partial charge in [-0.25, -0.2) is 4.98 Å². The highest BCUT2D eigenvalue weighted by Gasteiger charge is 2.23. The van der Waals surface area contributed by atoms with Gasteiger partial charge in [-0.2, -0.15) is 4.98 Å². The van der Waals surface area contributed by atoms with E-state index in [9.17, 15) is 0 Å². The molecule has 1 aromatic carbocycles. The highest BCUT2D eigenvalue weighted by atomic mass is 16.5. The molecule has 6 heteroatoms. The molecule has 2 N–H and O–H groups in total. The molecule has 0 atom stereocenters. The summed E-state index contributed by atoms with van der Waals surface area (Å²) in [5.41, 5.74) is 8.32. The van der Waals surface area contributed by atoms with E-state index in [2.05, 4.69) is 50.1 Å². The van der Waals surface area contributed by atoms with Crippen molar-refractivity contribution in [1.82, 2.24) is 14.9 Å². The second kappa shape index (κ2) is 8.57. The van der Waals surface area contributed by atoms with Gasteiger partial charge in [0.25, 0.3) is 0 Å². The van der Waals surface area contributed by atoms with E-state index >= 15 is 0 Å². The van der Waals surface area contributed by atoms with Gasteiger partial charge in [0.1, 0.15) is 18.1 Å². The zero-order valence-corrected chi connectivity index (χ0v) is 15.9. The van der Waals surface area contributed by atoms with Crippen LogP contribution in [-0.2, 0) is 6.54 Å². The van der Waals surface area contributed by atoms with Crippen molar-refractivity contribution in [1.29, 1.82) is 0 Å². The highest BCUT2D eigenvalue weighted by Crippen LogP contribution is 2.31. The molecule has 0 amide bonds. The van der Waals surface area contributed by atoms with E-state index in [1.165, 1.54) is 24.8 Å². The topological polar surface area (TPSA) is 67.5 Å². The molecule has 2 heterocycles. The molecule has 1 aromatic heterocycles. The van der Waals surface area contributed by atoms with Crippen LogP contribution in [0.2, 0.25) is 0 Å². The normalized spacial score (nSPS) is 19.2. The van der Waals surface area contributed by atoms with Gasteiger partial charge in [-0.15, -0.1) is 0 Å². The maximum Gasteiger partial charge on any atom is 0.242 e. The van der Waals surface area contributed by atoms with Crippen LogP contribution in [-0.4, -0.2) is 47.2 Å². The van der Waals surface area contributed by atoms with E-state index in [1.54, 1.807) is 6.33 Å². The third-order valence-corrected chi connectivity index (χ3v) is 5.58. The van der Waals surface area contributed by atoms with Crippen LogP contribution >= 0.6 is 0 Å². The third kappa shape index (κ3) is 4.50. The maximum absolute atomic E-state index is 6.38. The minimum absolute atomic E-state index is 0.242. The van der Waals surface area contributed by atoms with Crippen molar-refractivity contribution in [2.24, 2.45) is 0 Å². The van der Waals surface area contributed by atoms with Gasteiger partial charge in [0.05, 0.1) is 0 Å². The van der Waals surface area contributed by atoms with Gasteiger partial charge in [-0.1, -0.05) is 36.8 Å². The highest BCUT2D eigenvalue weighted by molar-refractivity contribution is 5.67. The standard InChI is InChI=1S/C21H29N5O/c22-19-20(23-16-24-21(19)27-18-9-5-2-6-10-18)26-13-11-25(12-14-26)15-17-7-3-1-4-8-17/h1,3-4,7-8,16,18H,2,5-6,9-15,22H2. The van der Waals surface area contributed by atoms with E-state index < -0.39 is 0 Å². The van der Waals surface area contributed by atoms with Crippen molar-refractivity contribution in [2.45, 2.75) is 44.8 Å². The molecular formula is C21H29N5O. The number of rotatable bonds is 5. The second-order valence-corrected chi connectivity index (χ2v) is 7.54. The van der Waals surface area contributed by atoms with Crippen molar-refractivity contribution in [3.05, 3.63) is 42.2 Å². The molecule has 1 aliphatic carbocycles. The zero-order chi connectivity index (χ0) is 18.5. The van der Waals surface area contributed by atoms with E-state index in [0.29, 0.717) is 11.6 Å². The summed E-state index contributed by atoms with van der Waals surface area (Å²) < 4.78 is 6.10. The summed E-state index contributed by atoms with van der Waals surface area (Å²) in [6.07, 6.45) is 7.77. The Bertz CT molecular complexity index is 725. The van der Waals surface area contributed by atoms with Crippen molar-refractivity contribution in [2.75, 3.05) is 36.8 Å². The van der Waals surface area contributed by atoms with Crippen LogP contribution in [0.4, 0.5) is 11.5 Å². The summed E-state index contributed by atoms with van der Waals surface area (Å²) in [6.45, 7) is 4.81. The quantitative estimate of drug-likeness (QED) is 0.876. The first-order valence-corrected chi connectivity index (χ1v) is 10.1. The first-order valence-electron chi connectivity index (χ1n) is 10.1. The van der Waals surface area contributed by atoms with E-state index in [4.69, 9.17) is 10.5 Å². The molecule has 144 valence electrons. The Hall–Kier alpha value is -2.34. The SMILES string of the molecule is Nc1c(OC2CCCCC2)ncnc1N1CCN(Cc2ccccc2)CC1. The van der Waals surface area contributed by atoms with Crippen LogP contribution in [0, 0.1) is 0 Å². The lowest BCUT2D eigenvalue weighted by atomic mass is 9.98. The van der Waals surface area contributed by atoms with Gasteiger partial charge in [-0.3, -0.25) is 4.90 Å². The first-order chi connectivity index (χ1) is 13.3. The molecule has 0 bridgehead atoms. The second-order valence-electron chi connectivity index (χ2n) is 7.54. The number of benzene rings is 1. The number of hydrogen-bond acceptors (Lipinski definition) is 6. The molecule has 0 unspecified atom stereocenters. The Kier molecular flexibility index (Phi) is 5.72. The molecule has 0 spiro atoms. The van der Waals surface area contributed by atoms with Crippen LogP contribution in [0.25, 0.3) is 0 Å². The summed E-state index contributed by atoms with van der Waals surface area (Å²) in [4.78, 5) is 13.5. The number of ether oxygens (including phenoxy) is 1. The smallest absolute Gasteiger partial charge is 0.242 e. The van der Waals surface area contributed by atoms with Crippen LogP contribution in [0.1, 0.15) is 37.7 Å². The lowest BCUT2D eigenvalue weighted by molar-refractivity contribution is 0.149. The largest absolute Gasteiger partial charge is 0.473 e. The van der Waals surface area contributed by atoms with Crippen molar-refractivity contribution >= 4 is 11.5 Å². The molecule has 1 aliphatic heterocycles. The first kappa shape index (κ1) is 18.0. The lowest BCUT2D eigenvalue weighted by Gasteiger charge is -2.36. The zero-order valence-electron chi connectivity index (χ0n) is 15.9. The molecule has 2 fully saturated rings. The Labute approximate surface area is 161 Å². The van der Waals surface area contributed by atoms with E-state index in [1.807, 2.05) is 0 Å². The number of anilines is 2. The predicted octanol–water partition coefficient (Wildman–Crippen LogP) is 3.09. The molecule has 2 aromatic rings. The van der Waals surface area contributed by atoms with Gasteiger partial charge < -0.3 is 15.4 Å². The van der Waals surface area contributed by atoms with Crippen LogP contribution in [0.15, 0.2) is 36.7 Å². The Balaban J connectivity index is 1.37. The summed E-state index contributed by atoms with van der Waals surface area (Å²) in [6, 6.07) is 10.6. The molecule has 27 heavy (non-hydrogen) atoms. The maximum atomic E-state index is 6.38. The number of piperazine rings is 1. The number of aromatic nitrogens is 2. The lowest BCUT2D eigenvalue weighted by Crippen LogP contribution is -2.46. The number of nitrogen functional groups attached to an aromatic ring is 1. The van der Waals surface area contributed by atoms with Crippen LogP contribution < -0.4 is 15.4 Å². The number of hydrogen-bond donors (Lipinski definition) is 1. The van der Waals surface area contributed by atoms with Gasteiger partial charge in [0, 0.05) is 32.7 Å². The van der Waals surface area contributed by atoms with Gasteiger partial charge in [0.2, 0.25) is 5.88 Å². The average Bonchev–Trinajstić information content (AvgIpc) is 2.72. The predicted molar refractivity (Wildman–Crippen MR) is 108 cm³/mol. The van der Waals surface area contributed by atoms with E-state index in [0.717, 1.165) is 51.4 Å². The fraction of sp³-hybridized carbons (Fsp3) is 0.524. The summed E-state index contributed by atoms with van der Waals surface area (Å²) >= 11 is 0. The van der Waals surface area contributed by atoms with Gasteiger partial charge in [-0.05, 0) is 31.2 Å². The fourth-order valence-electron chi connectivity index (χ4n) is 4.02. The number of nitrogens with two attached hydrogens (primary N) is 1. The number of nitrogens with zero attached hydrogens (tertiary/aromatic N) is 4. The fourth-order valence-corrected chi connectivity index (χ4v) is 4.02. The minimum atomic E-state index is 0.242. The van der Waals surface area contributed by atoms with E-state index in [-0.39, 0.29) is 6.10 Å².